The van der Waals surface area contributed by atoms with Crippen LogP contribution in [0.1, 0.15) is 290 Å². The number of carboxylic acids is 1. The van der Waals surface area contributed by atoms with Gasteiger partial charge in [0.15, 0.2) is 24.6 Å². The van der Waals surface area contributed by atoms with Crippen LogP contribution in [-0.2, 0) is 42.9 Å². The zero-order valence-corrected chi connectivity index (χ0v) is 50.4. The second-order valence-electron chi connectivity index (χ2n) is 22.0. The van der Waals surface area contributed by atoms with E-state index in [0.717, 1.165) is 109 Å². The van der Waals surface area contributed by atoms with Crippen molar-refractivity contribution in [2.24, 2.45) is 0 Å². The van der Waals surface area contributed by atoms with Crippen molar-refractivity contribution in [1.29, 1.82) is 0 Å². The van der Waals surface area contributed by atoms with Gasteiger partial charge in [0.25, 0.3) is 0 Å². The van der Waals surface area contributed by atoms with Crippen LogP contribution in [0.3, 0.4) is 0 Å². The molecule has 0 spiro atoms. The normalized spacial score (nSPS) is 18.2. The molecule has 1 saturated heterocycles. The van der Waals surface area contributed by atoms with E-state index in [1.54, 1.807) is 0 Å². The number of aliphatic hydroxyl groups is 2. The van der Waals surface area contributed by atoms with Gasteiger partial charge in [-0.1, -0.05) is 242 Å². The van der Waals surface area contributed by atoms with Gasteiger partial charge in [0, 0.05) is 19.3 Å². The van der Waals surface area contributed by atoms with Crippen LogP contribution in [0.4, 0.5) is 0 Å². The van der Waals surface area contributed by atoms with Crippen molar-refractivity contribution in [3.8, 4) is 0 Å². The highest BCUT2D eigenvalue weighted by Gasteiger charge is 2.50. The fourth-order valence-electron chi connectivity index (χ4n) is 9.58. The molecule has 1 fully saturated rings. The van der Waals surface area contributed by atoms with Crippen LogP contribution in [0.2, 0.25) is 0 Å². The van der Waals surface area contributed by atoms with Crippen LogP contribution >= 0.6 is 0 Å². The monoisotopic (exact) mass is 1110 g/mol. The van der Waals surface area contributed by atoms with Gasteiger partial charge in [0.05, 0.1) is 6.61 Å². The number of carboxylic acid groups (broad SMARTS) is 1. The topological polar surface area (TPSA) is 175 Å². The average Bonchev–Trinajstić information content (AvgIpc) is 3.48. The molecule has 6 unspecified atom stereocenters. The Hall–Kier alpha value is -3.58. The van der Waals surface area contributed by atoms with Crippen molar-refractivity contribution in [1.82, 2.24) is 0 Å². The van der Waals surface area contributed by atoms with Crippen molar-refractivity contribution < 1.29 is 58.2 Å². The molecule has 0 aromatic heterocycles. The van der Waals surface area contributed by atoms with E-state index in [1.165, 1.54) is 122 Å². The molecular weight excluding hydrogens is 997 g/mol. The number of carbonyl (C=O) groups is 4. The highest BCUT2D eigenvalue weighted by molar-refractivity contribution is 5.74. The molecule has 12 nitrogen and oxygen atoms in total. The Balaban J connectivity index is 2.62. The summed E-state index contributed by atoms with van der Waals surface area (Å²) in [6.07, 6.45) is 56.1. The number of esters is 3. The summed E-state index contributed by atoms with van der Waals surface area (Å²) in [7, 11) is 0. The van der Waals surface area contributed by atoms with Crippen LogP contribution in [0.15, 0.2) is 60.8 Å². The van der Waals surface area contributed by atoms with E-state index in [-0.39, 0.29) is 25.9 Å². The lowest BCUT2D eigenvalue weighted by Gasteiger charge is -2.40. The summed E-state index contributed by atoms with van der Waals surface area (Å²) in [4.78, 5) is 51.2. The minimum Gasteiger partial charge on any atom is -0.479 e. The molecule has 1 rings (SSSR count). The molecule has 1 heterocycles. The van der Waals surface area contributed by atoms with Gasteiger partial charge in [-0.2, -0.15) is 0 Å². The lowest BCUT2D eigenvalue weighted by atomic mass is 9.98. The minimum atomic E-state index is -1.91. The number of hydrogen-bond acceptors (Lipinski definition) is 11. The molecule has 0 saturated carbocycles. The van der Waals surface area contributed by atoms with Crippen molar-refractivity contribution in [3.63, 3.8) is 0 Å². The highest BCUT2D eigenvalue weighted by atomic mass is 16.7. The standard InChI is InChI=1S/C67H116O12/c1-4-7-10-13-16-19-22-24-26-28-30-32-34-36-39-41-44-47-50-53-59(68)75-56-58(77-60(69)54-51-48-45-42-38-21-18-15-12-9-6-3)57-76-67-65(63(72)62(71)64(79-67)66(73)74)78-61(70)55-52-49-46-43-40-37-35-33-31-29-27-25-23-20-17-14-11-8-5-2/h16-17,19-20,24-27,30,32,58,62-65,67,71-72H,4-15,18,21-23,28-29,31,33-57H2,1-3H3,(H,73,74)/b19-16-,20-17-,26-24-,27-25-,32-30-. The molecule has 0 amide bonds. The van der Waals surface area contributed by atoms with Crippen LogP contribution in [-0.4, -0.2) is 89.2 Å². The van der Waals surface area contributed by atoms with E-state index in [9.17, 15) is 34.5 Å². The Morgan fingerprint density at radius 1 is 0.418 bits per heavy atom. The molecule has 456 valence electrons. The van der Waals surface area contributed by atoms with E-state index in [2.05, 4.69) is 81.5 Å². The van der Waals surface area contributed by atoms with Gasteiger partial charge in [-0.15, -0.1) is 0 Å². The summed E-state index contributed by atoms with van der Waals surface area (Å²) < 4.78 is 28.5. The van der Waals surface area contributed by atoms with Crippen molar-refractivity contribution in [2.45, 2.75) is 327 Å². The van der Waals surface area contributed by atoms with E-state index in [1.807, 2.05) is 0 Å². The van der Waals surface area contributed by atoms with Crippen molar-refractivity contribution in [2.75, 3.05) is 13.2 Å². The number of allylic oxidation sites excluding steroid dienone is 10. The second-order valence-corrected chi connectivity index (χ2v) is 22.0. The molecule has 0 radical (unpaired) electrons. The first-order valence-corrected chi connectivity index (χ1v) is 32.3. The minimum absolute atomic E-state index is 0.0552. The fourth-order valence-corrected chi connectivity index (χ4v) is 9.58. The van der Waals surface area contributed by atoms with Crippen LogP contribution in [0.25, 0.3) is 0 Å². The van der Waals surface area contributed by atoms with Gasteiger partial charge in [-0.25, -0.2) is 4.79 Å². The molecule has 0 aromatic rings. The largest absolute Gasteiger partial charge is 0.479 e. The third kappa shape index (κ3) is 44.7. The molecule has 6 atom stereocenters. The van der Waals surface area contributed by atoms with Gasteiger partial charge in [-0.05, 0) is 89.9 Å². The Morgan fingerprint density at radius 3 is 1.18 bits per heavy atom. The zero-order chi connectivity index (χ0) is 57.5. The molecular formula is C67H116O12. The maximum atomic E-state index is 13.1. The van der Waals surface area contributed by atoms with E-state index < -0.39 is 67.3 Å². The number of ether oxygens (including phenoxy) is 5. The second kappa shape index (κ2) is 55.0. The molecule has 0 aromatic carbocycles. The predicted molar refractivity (Wildman–Crippen MR) is 322 cm³/mol. The van der Waals surface area contributed by atoms with E-state index >= 15 is 0 Å². The quantitative estimate of drug-likeness (QED) is 0.0228. The highest BCUT2D eigenvalue weighted by Crippen LogP contribution is 2.27. The van der Waals surface area contributed by atoms with Gasteiger partial charge in [0.1, 0.15) is 18.8 Å². The number of rotatable bonds is 55. The first kappa shape index (κ1) is 73.4. The smallest absolute Gasteiger partial charge is 0.335 e. The van der Waals surface area contributed by atoms with Gasteiger partial charge >= 0.3 is 23.9 Å². The number of hydrogen-bond donors (Lipinski definition) is 3. The first-order chi connectivity index (χ1) is 38.6. The summed E-state index contributed by atoms with van der Waals surface area (Å²) in [6, 6.07) is 0. The summed E-state index contributed by atoms with van der Waals surface area (Å²) in [5.74, 6) is -3.12. The van der Waals surface area contributed by atoms with Crippen LogP contribution in [0.5, 0.6) is 0 Å². The maximum Gasteiger partial charge on any atom is 0.335 e. The summed E-state index contributed by atoms with van der Waals surface area (Å²) in [6.45, 7) is 5.95. The van der Waals surface area contributed by atoms with Crippen molar-refractivity contribution >= 4 is 23.9 Å². The first-order valence-electron chi connectivity index (χ1n) is 32.3. The molecule has 1 aliphatic rings. The molecule has 79 heavy (non-hydrogen) atoms. The summed E-state index contributed by atoms with van der Waals surface area (Å²) in [5, 5.41) is 31.6. The summed E-state index contributed by atoms with van der Waals surface area (Å²) >= 11 is 0. The van der Waals surface area contributed by atoms with E-state index in [4.69, 9.17) is 23.7 Å². The molecule has 0 aliphatic carbocycles. The molecule has 0 bridgehead atoms. The van der Waals surface area contributed by atoms with Crippen LogP contribution in [0, 0.1) is 0 Å². The maximum absolute atomic E-state index is 13.1. The number of carbonyl (C=O) groups excluding carboxylic acids is 3. The SMILES string of the molecule is CCCCC/C=C\C/C=C\C/C=C\CCCCCCCCC(=O)OCC(COC1OC(C(=O)O)C(O)C(O)C1OC(=O)CCCCCCCCCCC/C=C\C/C=C\CCCCC)OC(=O)CCCCCCCCCCCCC. The third-order valence-corrected chi connectivity index (χ3v) is 14.6. The van der Waals surface area contributed by atoms with Crippen molar-refractivity contribution in [3.05, 3.63) is 60.8 Å². The predicted octanol–water partition coefficient (Wildman–Crippen LogP) is 17.1. The zero-order valence-electron chi connectivity index (χ0n) is 50.4. The number of aliphatic carboxylic acids is 1. The van der Waals surface area contributed by atoms with Gasteiger partial charge < -0.3 is 39.0 Å². The number of aliphatic hydroxyl groups excluding tert-OH is 2. The fraction of sp³-hybridized carbons (Fsp3) is 0.791. The Labute approximate surface area is 481 Å². The Kier molecular flexibility index (Phi) is 51.1. The lowest BCUT2D eigenvalue weighted by molar-refractivity contribution is -0.301. The molecule has 3 N–H and O–H groups in total. The summed E-state index contributed by atoms with van der Waals surface area (Å²) in [5.41, 5.74) is 0. The average molecular weight is 1110 g/mol. The van der Waals surface area contributed by atoms with Gasteiger partial charge in [-0.3, -0.25) is 14.4 Å². The molecule has 12 heteroatoms. The Bertz CT molecular complexity index is 1600. The Morgan fingerprint density at radius 2 is 0.759 bits per heavy atom. The molecule has 1 aliphatic heterocycles. The lowest BCUT2D eigenvalue weighted by Crippen LogP contribution is -2.61. The number of unbranched alkanes of at least 4 members (excludes halogenated alkanes) is 31. The van der Waals surface area contributed by atoms with Crippen LogP contribution < -0.4 is 0 Å². The third-order valence-electron chi connectivity index (χ3n) is 14.6. The van der Waals surface area contributed by atoms with Gasteiger partial charge in [0.2, 0.25) is 0 Å². The van der Waals surface area contributed by atoms with E-state index in [0.29, 0.717) is 19.3 Å².